The third-order valence-corrected chi connectivity index (χ3v) is 2.54. The Hall–Kier alpha value is -1.46. The Morgan fingerprint density at radius 3 is 2.94 bits per heavy atom. The van der Waals surface area contributed by atoms with Gasteiger partial charge in [-0.05, 0) is 24.6 Å². The van der Waals surface area contributed by atoms with Gasteiger partial charge in [0.2, 0.25) is 5.91 Å². The minimum absolute atomic E-state index is 0.0271. The molecule has 0 spiro atoms. The lowest BCUT2D eigenvalue weighted by Gasteiger charge is -2.19. The standard InChI is InChI=1S/C13H21N3O2/c1-2-6-16(7-8-17)11-13(18)15-10-12-4-3-5-14-9-12/h3-5,9,17H,2,6-8,10-11H2,1H3,(H,15,18). The number of pyridine rings is 1. The fourth-order valence-electron chi connectivity index (χ4n) is 1.69. The Bertz CT molecular complexity index is 337. The van der Waals surface area contributed by atoms with E-state index in [1.54, 1.807) is 12.4 Å². The monoisotopic (exact) mass is 251 g/mol. The molecule has 18 heavy (non-hydrogen) atoms. The molecule has 1 amide bonds. The fourth-order valence-corrected chi connectivity index (χ4v) is 1.69. The maximum atomic E-state index is 11.7. The van der Waals surface area contributed by atoms with Crippen LogP contribution in [-0.2, 0) is 11.3 Å². The Morgan fingerprint density at radius 2 is 2.33 bits per heavy atom. The lowest BCUT2D eigenvalue weighted by Crippen LogP contribution is -2.38. The molecule has 100 valence electrons. The fraction of sp³-hybridized carbons (Fsp3) is 0.538. The van der Waals surface area contributed by atoms with Crippen LogP contribution >= 0.6 is 0 Å². The lowest BCUT2D eigenvalue weighted by atomic mass is 10.3. The Morgan fingerprint density at radius 1 is 1.50 bits per heavy atom. The topological polar surface area (TPSA) is 65.5 Å². The molecule has 1 heterocycles. The van der Waals surface area contributed by atoms with E-state index in [0.717, 1.165) is 18.5 Å². The highest BCUT2D eigenvalue weighted by atomic mass is 16.3. The van der Waals surface area contributed by atoms with E-state index in [0.29, 0.717) is 19.6 Å². The summed E-state index contributed by atoms with van der Waals surface area (Å²) >= 11 is 0. The Kier molecular flexibility index (Phi) is 6.98. The van der Waals surface area contributed by atoms with Crippen LogP contribution in [0.2, 0.25) is 0 Å². The van der Waals surface area contributed by atoms with Gasteiger partial charge >= 0.3 is 0 Å². The van der Waals surface area contributed by atoms with Crippen LogP contribution in [0.5, 0.6) is 0 Å². The highest BCUT2D eigenvalue weighted by Crippen LogP contribution is 1.95. The maximum Gasteiger partial charge on any atom is 0.234 e. The number of hydrogen-bond acceptors (Lipinski definition) is 4. The van der Waals surface area contributed by atoms with Gasteiger partial charge in [0.15, 0.2) is 0 Å². The number of nitrogens with zero attached hydrogens (tertiary/aromatic N) is 2. The van der Waals surface area contributed by atoms with E-state index < -0.39 is 0 Å². The summed E-state index contributed by atoms with van der Waals surface area (Å²) in [5, 5.41) is 11.7. The number of aliphatic hydroxyl groups excluding tert-OH is 1. The molecule has 0 aliphatic carbocycles. The van der Waals surface area contributed by atoms with E-state index in [2.05, 4.69) is 17.2 Å². The predicted octanol–water partition coefficient (Wildman–Crippen LogP) is 0.402. The van der Waals surface area contributed by atoms with Crippen molar-refractivity contribution in [1.82, 2.24) is 15.2 Å². The molecule has 1 rings (SSSR count). The number of aromatic nitrogens is 1. The van der Waals surface area contributed by atoms with Crippen LogP contribution in [0.25, 0.3) is 0 Å². The van der Waals surface area contributed by atoms with E-state index in [-0.39, 0.29) is 12.5 Å². The van der Waals surface area contributed by atoms with Crippen molar-refractivity contribution in [3.63, 3.8) is 0 Å². The molecule has 2 N–H and O–H groups in total. The second-order valence-electron chi connectivity index (χ2n) is 4.14. The molecule has 0 aliphatic rings. The van der Waals surface area contributed by atoms with Gasteiger partial charge in [0.1, 0.15) is 0 Å². The summed E-state index contributed by atoms with van der Waals surface area (Å²) < 4.78 is 0. The molecule has 0 atom stereocenters. The molecular weight excluding hydrogens is 230 g/mol. The van der Waals surface area contributed by atoms with E-state index in [4.69, 9.17) is 5.11 Å². The van der Waals surface area contributed by atoms with Crippen molar-refractivity contribution in [1.29, 1.82) is 0 Å². The number of aliphatic hydroxyl groups is 1. The molecule has 0 aromatic carbocycles. The predicted molar refractivity (Wildman–Crippen MR) is 69.9 cm³/mol. The van der Waals surface area contributed by atoms with E-state index in [1.165, 1.54) is 0 Å². The lowest BCUT2D eigenvalue weighted by molar-refractivity contribution is -0.122. The van der Waals surface area contributed by atoms with Crippen molar-refractivity contribution in [2.75, 3.05) is 26.2 Å². The van der Waals surface area contributed by atoms with Crippen molar-refractivity contribution < 1.29 is 9.90 Å². The SMILES string of the molecule is CCCN(CCO)CC(=O)NCc1cccnc1. The number of amides is 1. The minimum atomic E-state index is -0.0271. The number of hydrogen-bond donors (Lipinski definition) is 2. The first kappa shape index (κ1) is 14.6. The smallest absolute Gasteiger partial charge is 0.234 e. The van der Waals surface area contributed by atoms with Crippen molar-refractivity contribution in [2.45, 2.75) is 19.9 Å². The first-order valence-corrected chi connectivity index (χ1v) is 6.25. The van der Waals surface area contributed by atoms with Crippen LogP contribution in [0.4, 0.5) is 0 Å². The van der Waals surface area contributed by atoms with Crippen LogP contribution in [0.1, 0.15) is 18.9 Å². The summed E-state index contributed by atoms with van der Waals surface area (Å²) in [6, 6.07) is 3.77. The van der Waals surface area contributed by atoms with E-state index in [1.807, 2.05) is 17.0 Å². The highest BCUT2D eigenvalue weighted by molar-refractivity contribution is 5.77. The summed E-state index contributed by atoms with van der Waals surface area (Å²) in [4.78, 5) is 17.7. The number of nitrogens with one attached hydrogen (secondary N) is 1. The summed E-state index contributed by atoms with van der Waals surface area (Å²) in [6.07, 6.45) is 4.41. The second kappa shape index (κ2) is 8.60. The van der Waals surface area contributed by atoms with Crippen molar-refractivity contribution in [3.05, 3.63) is 30.1 Å². The number of rotatable bonds is 8. The molecule has 0 fully saturated rings. The normalized spacial score (nSPS) is 10.6. The molecule has 5 nitrogen and oxygen atoms in total. The molecule has 0 radical (unpaired) electrons. The third kappa shape index (κ3) is 5.75. The zero-order valence-corrected chi connectivity index (χ0v) is 10.8. The van der Waals surface area contributed by atoms with Crippen molar-refractivity contribution in [3.8, 4) is 0 Å². The summed E-state index contributed by atoms with van der Waals surface area (Å²) in [7, 11) is 0. The van der Waals surface area contributed by atoms with Crippen molar-refractivity contribution >= 4 is 5.91 Å². The minimum Gasteiger partial charge on any atom is -0.395 e. The largest absolute Gasteiger partial charge is 0.395 e. The van der Waals surface area contributed by atoms with Gasteiger partial charge < -0.3 is 10.4 Å². The number of carbonyl (C=O) groups excluding carboxylic acids is 1. The molecule has 0 unspecified atom stereocenters. The van der Waals surface area contributed by atoms with Gasteiger partial charge in [-0.15, -0.1) is 0 Å². The highest BCUT2D eigenvalue weighted by Gasteiger charge is 2.08. The van der Waals surface area contributed by atoms with E-state index >= 15 is 0 Å². The zero-order chi connectivity index (χ0) is 13.2. The molecule has 5 heteroatoms. The van der Waals surface area contributed by atoms with Crippen LogP contribution in [-0.4, -0.2) is 47.1 Å². The van der Waals surface area contributed by atoms with Crippen LogP contribution in [0.15, 0.2) is 24.5 Å². The van der Waals surface area contributed by atoms with Gasteiger partial charge in [-0.1, -0.05) is 13.0 Å². The third-order valence-electron chi connectivity index (χ3n) is 2.54. The summed E-state index contributed by atoms with van der Waals surface area (Å²) in [5.41, 5.74) is 0.982. The van der Waals surface area contributed by atoms with Gasteiger partial charge in [-0.25, -0.2) is 0 Å². The summed E-state index contributed by atoms with van der Waals surface area (Å²) in [5.74, 6) is -0.0271. The molecule has 0 aliphatic heterocycles. The van der Waals surface area contributed by atoms with Gasteiger partial charge in [0.05, 0.1) is 13.2 Å². The molecule has 1 aromatic rings. The first-order chi connectivity index (χ1) is 8.76. The van der Waals surface area contributed by atoms with Crippen LogP contribution < -0.4 is 5.32 Å². The van der Waals surface area contributed by atoms with Gasteiger partial charge in [0.25, 0.3) is 0 Å². The van der Waals surface area contributed by atoms with E-state index in [9.17, 15) is 4.79 Å². The van der Waals surface area contributed by atoms with Gasteiger partial charge in [-0.2, -0.15) is 0 Å². The molecule has 0 saturated carbocycles. The Balaban J connectivity index is 2.31. The Labute approximate surface area is 108 Å². The first-order valence-electron chi connectivity index (χ1n) is 6.25. The summed E-state index contributed by atoms with van der Waals surface area (Å²) in [6.45, 7) is 4.31. The van der Waals surface area contributed by atoms with Crippen molar-refractivity contribution in [2.24, 2.45) is 0 Å². The average molecular weight is 251 g/mol. The molecular formula is C13H21N3O2. The zero-order valence-electron chi connectivity index (χ0n) is 10.8. The quantitative estimate of drug-likeness (QED) is 0.702. The number of carbonyl (C=O) groups is 1. The van der Waals surface area contributed by atoms with Gasteiger partial charge in [-0.3, -0.25) is 14.7 Å². The molecule has 0 saturated heterocycles. The van der Waals surface area contributed by atoms with Crippen LogP contribution in [0, 0.1) is 0 Å². The average Bonchev–Trinajstić information content (AvgIpc) is 2.38. The van der Waals surface area contributed by atoms with Crippen LogP contribution in [0.3, 0.4) is 0 Å². The molecule has 0 bridgehead atoms. The molecule has 1 aromatic heterocycles. The maximum absolute atomic E-state index is 11.7. The van der Waals surface area contributed by atoms with Gasteiger partial charge in [0, 0.05) is 25.5 Å². The second-order valence-corrected chi connectivity index (χ2v) is 4.14.